The number of methoxy groups -OCH3 is 1. The average Bonchev–Trinajstić information content (AvgIpc) is 2.80. The van der Waals surface area contributed by atoms with Crippen molar-refractivity contribution in [2.45, 2.75) is 19.4 Å². The van der Waals surface area contributed by atoms with Crippen molar-refractivity contribution in [3.05, 3.63) is 65.2 Å². The largest absolute Gasteiger partial charge is 0.497 e. The van der Waals surface area contributed by atoms with E-state index in [0.717, 1.165) is 48.8 Å². The Morgan fingerprint density at radius 1 is 1.03 bits per heavy atom. The summed E-state index contributed by atoms with van der Waals surface area (Å²) >= 11 is 0. The molecule has 0 aliphatic heterocycles. The number of hydrogen-bond donors (Lipinski definition) is 3. The van der Waals surface area contributed by atoms with Crippen LogP contribution >= 0.6 is 24.0 Å². The number of amides is 1. The van der Waals surface area contributed by atoms with Crippen molar-refractivity contribution in [2.75, 3.05) is 40.9 Å². The van der Waals surface area contributed by atoms with E-state index < -0.39 is 0 Å². The zero-order valence-electron chi connectivity index (χ0n) is 18.4. The van der Waals surface area contributed by atoms with Crippen molar-refractivity contribution < 1.29 is 14.3 Å². The van der Waals surface area contributed by atoms with Crippen LogP contribution in [0.3, 0.4) is 0 Å². The minimum Gasteiger partial charge on any atom is -0.497 e. The number of carbonyl (C=O) groups is 1. The van der Waals surface area contributed by atoms with Crippen molar-refractivity contribution in [1.29, 1.82) is 0 Å². The van der Waals surface area contributed by atoms with E-state index in [1.165, 1.54) is 0 Å². The van der Waals surface area contributed by atoms with Gasteiger partial charge in [0, 0.05) is 39.4 Å². The van der Waals surface area contributed by atoms with E-state index >= 15 is 0 Å². The highest BCUT2D eigenvalue weighted by Gasteiger charge is 2.04. The molecule has 0 spiro atoms. The second kappa shape index (κ2) is 15.5. The molecular weight excluding hydrogens is 507 g/mol. The number of guanidine groups is 1. The fourth-order valence-corrected chi connectivity index (χ4v) is 2.85. The fourth-order valence-electron chi connectivity index (χ4n) is 2.85. The van der Waals surface area contributed by atoms with E-state index in [4.69, 9.17) is 9.47 Å². The van der Waals surface area contributed by atoms with E-state index in [1.54, 1.807) is 21.2 Å². The Kier molecular flexibility index (Phi) is 13.3. The van der Waals surface area contributed by atoms with Crippen LogP contribution in [0.1, 0.15) is 27.9 Å². The van der Waals surface area contributed by atoms with Crippen LogP contribution in [0.2, 0.25) is 0 Å². The summed E-state index contributed by atoms with van der Waals surface area (Å²) in [5.41, 5.74) is 2.90. The Morgan fingerprint density at radius 3 is 2.45 bits per heavy atom. The van der Waals surface area contributed by atoms with Gasteiger partial charge in [-0.1, -0.05) is 24.3 Å². The first-order valence-electron chi connectivity index (χ1n) is 10.1. The number of ether oxygens (including phenoxy) is 2. The third-order valence-electron chi connectivity index (χ3n) is 4.53. The van der Waals surface area contributed by atoms with Gasteiger partial charge < -0.3 is 25.4 Å². The number of benzene rings is 2. The molecule has 0 atom stereocenters. The highest BCUT2D eigenvalue weighted by atomic mass is 127. The van der Waals surface area contributed by atoms with Gasteiger partial charge in [0.25, 0.3) is 5.91 Å². The molecule has 7 nitrogen and oxygen atoms in total. The first-order chi connectivity index (χ1) is 14.7. The first kappa shape index (κ1) is 26.7. The van der Waals surface area contributed by atoms with Gasteiger partial charge in [0.15, 0.2) is 5.96 Å². The molecule has 0 fully saturated rings. The molecule has 3 N–H and O–H groups in total. The van der Waals surface area contributed by atoms with Crippen LogP contribution in [0.25, 0.3) is 0 Å². The summed E-state index contributed by atoms with van der Waals surface area (Å²) in [6, 6.07) is 15.5. The maximum absolute atomic E-state index is 11.7. The summed E-state index contributed by atoms with van der Waals surface area (Å²) < 4.78 is 10.9. The molecule has 0 heterocycles. The molecule has 0 unspecified atom stereocenters. The van der Waals surface area contributed by atoms with Crippen LogP contribution in [0.5, 0.6) is 5.75 Å². The van der Waals surface area contributed by atoms with Crippen LogP contribution in [-0.4, -0.2) is 52.8 Å². The summed E-state index contributed by atoms with van der Waals surface area (Å²) in [4.78, 5) is 16.0. The zero-order chi connectivity index (χ0) is 21.6. The summed E-state index contributed by atoms with van der Waals surface area (Å²) in [6.45, 7) is 2.76. The first-order valence-corrected chi connectivity index (χ1v) is 10.1. The van der Waals surface area contributed by atoms with E-state index in [9.17, 15) is 4.79 Å². The molecule has 8 heteroatoms. The van der Waals surface area contributed by atoms with Crippen molar-refractivity contribution in [1.82, 2.24) is 16.0 Å². The lowest BCUT2D eigenvalue weighted by Crippen LogP contribution is -2.39. The molecule has 0 bridgehead atoms. The lowest BCUT2D eigenvalue weighted by atomic mass is 10.1. The molecular formula is C23H33IN4O3. The van der Waals surface area contributed by atoms with Crippen molar-refractivity contribution >= 4 is 35.8 Å². The van der Waals surface area contributed by atoms with Gasteiger partial charge in [-0.15, -0.1) is 24.0 Å². The molecule has 31 heavy (non-hydrogen) atoms. The van der Waals surface area contributed by atoms with Gasteiger partial charge in [0.1, 0.15) is 5.75 Å². The van der Waals surface area contributed by atoms with Gasteiger partial charge in [0.2, 0.25) is 0 Å². The molecule has 2 rings (SSSR count). The van der Waals surface area contributed by atoms with Crippen molar-refractivity contribution in [3.63, 3.8) is 0 Å². The molecule has 0 radical (unpaired) electrons. The second-order valence-corrected chi connectivity index (χ2v) is 6.71. The maximum atomic E-state index is 11.7. The average molecular weight is 540 g/mol. The Hall–Kier alpha value is -2.33. The number of nitrogens with zero attached hydrogens (tertiary/aromatic N) is 1. The van der Waals surface area contributed by atoms with E-state index in [1.807, 2.05) is 48.5 Å². The summed E-state index contributed by atoms with van der Waals surface area (Å²) in [5.74, 6) is 1.53. The van der Waals surface area contributed by atoms with Crippen molar-refractivity contribution in [3.8, 4) is 5.75 Å². The number of hydrogen-bond acceptors (Lipinski definition) is 4. The minimum atomic E-state index is -0.0727. The lowest BCUT2D eigenvalue weighted by Gasteiger charge is -2.12. The Balaban J connectivity index is 0.00000480. The highest BCUT2D eigenvalue weighted by Crippen LogP contribution is 2.11. The third kappa shape index (κ3) is 10.0. The van der Waals surface area contributed by atoms with Crippen LogP contribution in [-0.2, 0) is 17.8 Å². The molecule has 0 aromatic heterocycles. The predicted molar refractivity (Wildman–Crippen MR) is 136 cm³/mol. The number of carbonyl (C=O) groups excluding carboxylic acids is 1. The minimum absolute atomic E-state index is 0. The molecule has 0 aliphatic carbocycles. The van der Waals surface area contributed by atoms with Crippen LogP contribution in [0.15, 0.2) is 53.5 Å². The predicted octanol–water partition coefficient (Wildman–Crippen LogP) is 2.99. The van der Waals surface area contributed by atoms with E-state index in [-0.39, 0.29) is 29.9 Å². The standard InChI is InChI=1S/C23H32N4O3.HI/c1-24-22(28)20-7-4-6-18(16-20)12-14-27-23(25-2)26-13-5-15-30-17-19-8-10-21(29-3)11-9-19;/h4,6-11,16H,5,12-15,17H2,1-3H3,(H,24,28)(H2,25,26,27);1H. The van der Waals surface area contributed by atoms with E-state index in [2.05, 4.69) is 20.9 Å². The van der Waals surface area contributed by atoms with E-state index in [0.29, 0.717) is 18.8 Å². The summed E-state index contributed by atoms with van der Waals surface area (Å²) in [7, 11) is 5.05. The summed E-state index contributed by atoms with van der Waals surface area (Å²) in [5, 5.41) is 9.22. The van der Waals surface area contributed by atoms with Gasteiger partial charge in [-0.3, -0.25) is 9.79 Å². The molecule has 170 valence electrons. The Bertz CT molecular complexity index is 813. The maximum Gasteiger partial charge on any atom is 0.251 e. The molecule has 0 saturated heterocycles. The lowest BCUT2D eigenvalue weighted by molar-refractivity contribution is 0.0963. The second-order valence-electron chi connectivity index (χ2n) is 6.71. The normalized spacial score (nSPS) is 10.7. The molecule has 2 aromatic rings. The van der Waals surface area contributed by atoms with Gasteiger partial charge >= 0.3 is 0 Å². The van der Waals surface area contributed by atoms with Gasteiger partial charge in [0.05, 0.1) is 13.7 Å². The fraction of sp³-hybridized carbons (Fsp3) is 0.391. The monoisotopic (exact) mass is 540 g/mol. The topological polar surface area (TPSA) is 84.0 Å². The van der Waals surface area contributed by atoms with Crippen LogP contribution in [0, 0.1) is 0 Å². The van der Waals surface area contributed by atoms with Gasteiger partial charge in [-0.25, -0.2) is 0 Å². The Morgan fingerprint density at radius 2 is 1.77 bits per heavy atom. The SMILES string of the molecule is CN=C(NCCCOCc1ccc(OC)cc1)NCCc1cccc(C(=O)NC)c1.I. The van der Waals surface area contributed by atoms with Crippen LogP contribution in [0.4, 0.5) is 0 Å². The quantitative estimate of drug-likeness (QED) is 0.177. The third-order valence-corrected chi connectivity index (χ3v) is 4.53. The number of halogens is 1. The van der Waals surface area contributed by atoms with Gasteiger partial charge in [-0.05, 0) is 48.2 Å². The molecule has 0 aliphatic rings. The zero-order valence-corrected chi connectivity index (χ0v) is 20.8. The molecule has 1 amide bonds. The smallest absolute Gasteiger partial charge is 0.251 e. The molecule has 2 aromatic carbocycles. The van der Waals surface area contributed by atoms with Crippen LogP contribution < -0.4 is 20.7 Å². The number of aliphatic imine (C=N–C) groups is 1. The van der Waals surface area contributed by atoms with Crippen molar-refractivity contribution in [2.24, 2.45) is 4.99 Å². The summed E-state index contributed by atoms with van der Waals surface area (Å²) in [6.07, 6.45) is 1.68. The number of nitrogens with one attached hydrogen (secondary N) is 3. The Labute approximate surface area is 202 Å². The van der Waals surface area contributed by atoms with Gasteiger partial charge in [-0.2, -0.15) is 0 Å². The number of rotatable bonds is 11. The molecule has 0 saturated carbocycles. The highest BCUT2D eigenvalue weighted by molar-refractivity contribution is 14.0.